The summed E-state index contributed by atoms with van der Waals surface area (Å²) >= 11 is 0. The summed E-state index contributed by atoms with van der Waals surface area (Å²) in [5.41, 5.74) is 5.45. The second-order valence-electron chi connectivity index (χ2n) is 9.07. The van der Waals surface area contributed by atoms with Crippen LogP contribution < -0.4 is 15.4 Å². The molecular formula is C25H35N3O. The van der Waals surface area contributed by atoms with E-state index in [-0.39, 0.29) is 11.5 Å². The summed E-state index contributed by atoms with van der Waals surface area (Å²) in [6.45, 7) is 9.35. The van der Waals surface area contributed by atoms with Gasteiger partial charge in [-0.3, -0.25) is 0 Å². The van der Waals surface area contributed by atoms with Crippen molar-refractivity contribution in [1.82, 2.24) is 10.2 Å². The highest BCUT2D eigenvalue weighted by molar-refractivity contribution is 5.65. The zero-order valence-electron chi connectivity index (χ0n) is 18.3. The second-order valence-corrected chi connectivity index (χ2v) is 9.07. The van der Waals surface area contributed by atoms with Crippen molar-refractivity contribution in [2.75, 3.05) is 45.7 Å². The summed E-state index contributed by atoms with van der Waals surface area (Å²) < 4.78 is 5.66. The summed E-state index contributed by atoms with van der Waals surface area (Å²) in [4.78, 5) is 2.59. The van der Waals surface area contributed by atoms with Gasteiger partial charge < -0.3 is 20.3 Å². The first-order valence-electron chi connectivity index (χ1n) is 11.0. The molecule has 2 aromatic rings. The number of para-hydroxylation sites is 1. The molecule has 29 heavy (non-hydrogen) atoms. The van der Waals surface area contributed by atoms with Crippen LogP contribution in [-0.4, -0.2) is 45.2 Å². The monoisotopic (exact) mass is 393 g/mol. The van der Waals surface area contributed by atoms with E-state index in [0.717, 1.165) is 18.8 Å². The lowest BCUT2D eigenvalue weighted by molar-refractivity contribution is 0.214. The van der Waals surface area contributed by atoms with Crippen molar-refractivity contribution in [1.29, 1.82) is 0 Å². The molecule has 4 heteroatoms. The maximum atomic E-state index is 5.66. The predicted octanol–water partition coefficient (Wildman–Crippen LogP) is 4.54. The van der Waals surface area contributed by atoms with Crippen LogP contribution in [0.25, 0.3) is 0 Å². The number of methoxy groups -OCH3 is 1. The first-order chi connectivity index (χ1) is 14.0. The molecule has 0 spiro atoms. The third-order valence-corrected chi connectivity index (χ3v) is 6.95. The number of fused-ring (bicyclic) bond motifs is 1. The highest BCUT2D eigenvalue weighted by Crippen LogP contribution is 2.51. The number of benzene rings is 2. The van der Waals surface area contributed by atoms with E-state index in [1.165, 1.54) is 48.3 Å². The van der Waals surface area contributed by atoms with Gasteiger partial charge in [0.15, 0.2) is 0 Å². The lowest BCUT2D eigenvalue weighted by Gasteiger charge is -2.33. The molecule has 1 unspecified atom stereocenters. The van der Waals surface area contributed by atoms with Gasteiger partial charge in [-0.1, -0.05) is 44.2 Å². The maximum absolute atomic E-state index is 5.66. The van der Waals surface area contributed by atoms with Crippen LogP contribution in [0, 0.1) is 0 Å². The van der Waals surface area contributed by atoms with E-state index in [9.17, 15) is 0 Å². The zero-order chi connectivity index (χ0) is 20.4. The van der Waals surface area contributed by atoms with Gasteiger partial charge in [0.2, 0.25) is 0 Å². The van der Waals surface area contributed by atoms with E-state index in [4.69, 9.17) is 4.74 Å². The number of likely N-dealkylation sites (N-methyl/N-ethyl adjacent to an activating group) is 1. The minimum Gasteiger partial charge on any atom is -0.496 e. The topological polar surface area (TPSA) is 36.5 Å². The van der Waals surface area contributed by atoms with Crippen LogP contribution in [0.15, 0.2) is 42.5 Å². The molecule has 4 rings (SSSR count). The summed E-state index contributed by atoms with van der Waals surface area (Å²) in [6.07, 6.45) is 2.51. The number of rotatable bonds is 6. The molecule has 0 aliphatic carbocycles. The fraction of sp³-hybridized carbons (Fsp3) is 0.520. The number of likely N-dealkylation sites (tertiary alicyclic amines) is 1. The molecule has 1 saturated heterocycles. The number of nitrogens with one attached hydrogen (secondary N) is 2. The van der Waals surface area contributed by atoms with Gasteiger partial charge in [0.1, 0.15) is 5.75 Å². The first kappa shape index (κ1) is 20.2. The van der Waals surface area contributed by atoms with Crippen molar-refractivity contribution < 1.29 is 4.74 Å². The molecule has 1 fully saturated rings. The van der Waals surface area contributed by atoms with Crippen molar-refractivity contribution in [2.45, 2.75) is 44.1 Å². The number of hydrogen-bond acceptors (Lipinski definition) is 4. The van der Waals surface area contributed by atoms with Crippen molar-refractivity contribution in [3.8, 4) is 5.75 Å². The molecular weight excluding hydrogens is 358 g/mol. The Morgan fingerprint density at radius 3 is 2.62 bits per heavy atom. The highest BCUT2D eigenvalue weighted by Gasteiger charge is 2.41. The molecule has 156 valence electrons. The number of hydrogen-bond donors (Lipinski definition) is 2. The number of ether oxygens (including phenoxy) is 1. The van der Waals surface area contributed by atoms with Crippen LogP contribution in [-0.2, 0) is 5.41 Å². The molecule has 0 saturated carbocycles. The number of piperidine rings is 1. The molecule has 2 aliphatic heterocycles. The van der Waals surface area contributed by atoms with E-state index in [0.29, 0.717) is 5.92 Å². The van der Waals surface area contributed by atoms with Gasteiger partial charge in [0.05, 0.1) is 13.2 Å². The molecule has 2 heterocycles. The Hall–Kier alpha value is -2.04. The third-order valence-electron chi connectivity index (χ3n) is 6.95. The van der Waals surface area contributed by atoms with Crippen LogP contribution in [0.1, 0.15) is 55.3 Å². The Morgan fingerprint density at radius 2 is 1.90 bits per heavy atom. The van der Waals surface area contributed by atoms with E-state index < -0.39 is 0 Å². The quantitative estimate of drug-likeness (QED) is 0.756. The Kier molecular flexibility index (Phi) is 5.84. The van der Waals surface area contributed by atoms with Crippen molar-refractivity contribution in [2.24, 2.45) is 0 Å². The summed E-state index contributed by atoms with van der Waals surface area (Å²) in [7, 11) is 3.79. The summed E-state index contributed by atoms with van der Waals surface area (Å²) in [5, 5.41) is 7.04. The fourth-order valence-electron chi connectivity index (χ4n) is 5.10. The van der Waals surface area contributed by atoms with Crippen molar-refractivity contribution >= 4 is 5.69 Å². The fourth-order valence-corrected chi connectivity index (χ4v) is 5.10. The summed E-state index contributed by atoms with van der Waals surface area (Å²) in [6, 6.07) is 15.7. The predicted molar refractivity (Wildman–Crippen MR) is 121 cm³/mol. The van der Waals surface area contributed by atoms with Crippen LogP contribution in [0.5, 0.6) is 5.75 Å². The first-order valence-corrected chi connectivity index (χ1v) is 11.0. The molecule has 2 aliphatic rings. The van der Waals surface area contributed by atoms with Gasteiger partial charge in [-0.05, 0) is 62.2 Å². The zero-order valence-corrected chi connectivity index (χ0v) is 18.3. The van der Waals surface area contributed by atoms with Crippen LogP contribution in [0.2, 0.25) is 0 Å². The van der Waals surface area contributed by atoms with Crippen LogP contribution in [0.4, 0.5) is 5.69 Å². The molecule has 0 radical (unpaired) electrons. The Labute approximate surface area is 175 Å². The van der Waals surface area contributed by atoms with Gasteiger partial charge in [-0.15, -0.1) is 0 Å². The molecule has 2 aromatic carbocycles. The Bertz CT molecular complexity index is 840. The molecule has 0 bridgehead atoms. The van der Waals surface area contributed by atoms with E-state index >= 15 is 0 Å². The largest absolute Gasteiger partial charge is 0.496 e. The average Bonchev–Trinajstić information content (AvgIpc) is 3.02. The molecule has 4 nitrogen and oxygen atoms in total. The minimum atomic E-state index is 0.00741. The van der Waals surface area contributed by atoms with Crippen molar-refractivity contribution in [3.63, 3.8) is 0 Å². The second kappa shape index (κ2) is 8.37. The Morgan fingerprint density at radius 1 is 1.14 bits per heavy atom. The standard InChI is InChI=1S/C25H35N3O/c1-25(2)21-17-19(18-11-14-28(15-12-18)16-13-26-3)9-10-22(21)27-24(25)20-7-5-6-8-23(20)29-4/h5-10,17-18,24,26-27H,11-16H2,1-4H3. The normalized spacial score (nSPS) is 21.6. The molecule has 2 N–H and O–H groups in total. The maximum Gasteiger partial charge on any atom is 0.124 e. The SMILES string of the molecule is CNCCN1CCC(c2ccc3c(c2)C(C)(C)C(c2ccccc2OC)N3)CC1. The lowest BCUT2D eigenvalue weighted by atomic mass is 9.76. The van der Waals surface area contributed by atoms with Crippen LogP contribution >= 0.6 is 0 Å². The van der Waals surface area contributed by atoms with E-state index in [1.54, 1.807) is 7.11 Å². The summed E-state index contributed by atoms with van der Waals surface area (Å²) in [5.74, 6) is 1.63. The van der Waals surface area contributed by atoms with Gasteiger partial charge in [0.25, 0.3) is 0 Å². The van der Waals surface area contributed by atoms with E-state index in [2.05, 4.69) is 65.8 Å². The number of nitrogens with zero attached hydrogens (tertiary/aromatic N) is 1. The van der Waals surface area contributed by atoms with Gasteiger partial charge >= 0.3 is 0 Å². The lowest BCUT2D eigenvalue weighted by Crippen LogP contribution is -2.37. The highest BCUT2D eigenvalue weighted by atomic mass is 16.5. The number of anilines is 1. The average molecular weight is 394 g/mol. The molecule has 0 amide bonds. The van der Waals surface area contributed by atoms with Gasteiger partial charge in [-0.2, -0.15) is 0 Å². The van der Waals surface area contributed by atoms with Crippen molar-refractivity contribution in [3.05, 3.63) is 59.2 Å². The van der Waals surface area contributed by atoms with E-state index in [1.807, 2.05) is 13.1 Å². The third kappa shape index (κ3) is 3.88. The van der Waals surface area contributed by atoms with Gasteiger partial charge in [0, 0.05) is 29.8 Å². The molecule has 1 atom stereocenters. The van der Waals surface area contributed by atoms with Crippen LogP contribution in [0.3, 0.4) is 0 Å². The molecule has 0 aromatic heterocycles. The minimum absolute atomic E-state index is 0.00741. The smallest absolute Gasteiger partial charge is 0.124 e. The van der Waals surface area contributed by atoms with Gasteiger partial charge in [-0.25, -0.2) is 0 Å². The Balaban J connectivity index is 1.54.